The van der Waals surface area contributed by atoms with Crippen molar-refractivity contribution in [3.8, 4) is 0 Å². The third-order valence-electron chi connectivity index (χ3n) is 4.08. The summed E-state index contributed by atoms with van der Waals surface area (Å²) < 4.78 is 21.0. The molecule has 0 radical (unpaired) electrons. The highest BCUT2D eigenvalue weighted by Gasteiger charge is 2.29. The molecule has 1 amide bonds. The van der Waals surface area contributed by atoms with Gasteiger partial charge >= 0.3 is 5.97 Å². The number of hydrogen-bond donors (Lipinski definition) is 5. The Morgan fingerprint density at radius 3 is 1.55 bits per heavy atom. The van der Waals surface area contributed by atoms with Crippen LogP contribution in [0, 0.1) is 0 Å². The Kier molecular flexibility index (Phi) is 17.8. The molecule has 0 heterocycles. The number of carboxylic acid groups (broad SMARTS) is 1. The van der Waals surface area contributed by atoms with Crippen molar-refractivity contribution in [3.63, 3.8) is 0 Å². The number of ether oxygens (including phenoxy) is 4. The van der Waals surface area contributed by atoms with Crippen molar-refractivity contribution in [1.29, 1.82) is 0 Å². The van der Waals surface area contributed by atoms with Crippen molar-refractivity contribution < 1.29 is 33.6 Å². The predicted octanol–water partition coefficient (Wildman–Crippen LogP) is -1.57. The molecule has 8 N–H and O–H groups in total. The summed E-state index contributed by atoms with van der Waals surface area (Å²) in [5.74, 6) is -1.12. The van der Waals surface area contributed by atoms with Crippen LogP contribution in [0.4, 0.5) is 0 Å². The number of carboxylic acids is 1. The van der Waals surface area contributed by atoms with Gasteiger partial charge in [0.05, 0.1) is 52.7 Å². The molecule has 0 aliphatic carbocycles. The summed E-state index contributed by atoms with van der Waals surface area (Å²) in [6, 6.07) is 0. The van der Waals surface area contributed by atoms with Gasteiger partial charge in [0.2, 0.25) is 5.91 Å². The summed E-state index contributed by atoms with van der Waals surface area (Å²) in [6.07, 6.45) is 1.82. The second-order valence-corrected chi connectivity index (χ2v) is 6.48. The Hall–Kier alpha value is -1.34. The largest absolute Gasteiger partial charge is 0.481 e. The Morgan fingerprint density at radius 2 is 1.14 bits per heavy atom. The second-order valence-electron chi connectivity index (χ2n) is 6.48. The molecule has 0 aromatic heterocycles. The standard InChI is InChI=1S/C18H38N4O7/c19-5-2-18(3-6-20,4-7-21)22-16(23)15-29-14-13-28-12-11-27-10-9-26-8-1-17(24)25/h1-15,19-21H2,(H,22,23)(H,24,25). The Bertz CT molecular complexity index is 410. The highest BCUT2D eigenvalue weighted by molar-refractivity contribution is 5.78. The van der Waals surface area contributed by atoms with Crippen LogP contribution in [0.2, 0.25) is 0 Å². The highest BCUT2D eigenvalue weighted by atomic mass is 16.6. The van der Waals surface area contributed by atoms with Gasteiger partial charge in [0.15, 0.2) is 0 Å². The van der Waals surface area contributed by atoms with Crippen LogP contribution in [0.5, 0.6) is 0 Å². The molecular formula is C18H38N4O7. The number of amides is 1. The van der Waals surface area contributed by atoms with Crippen molar-refractivity contribution in [2.24, 2.45) is 17.2 Å². The molecule has 0 atom stereocenters. The van der Waals surface area contributed by atoms with Crippen LogP contribution in [0.1, 0.15) is 25.7 Å². The van der Waals surface area contributed by atoms with Gasteiger partial charge in [-0.2, -0.15) is 0 Å². The zero-order valence-corrected chi connectivity index (χ0v) is 17.2. The molecule has 29 heavy (non-hydrogen) atoms. The predicted molar refractivity (Wildman–Crippen MR) is 107 cm³/mol. The molecule has 0 saturated heterocycles. The van der Waals surface area contributed by atoms with Crippen LogP contribution in [-0.2, 0) is 28.5 Å². The van der Waals surface area contributed by atoms with Crippen molar-refractivity contribution in [2.75, 3.05) is 72.5 Å². The Labute approximate surface area is 172 Å². The van der Waals surface area contributed by atoms with E-state index in [0.29, 0.717) is 71.9 Å². The summed E-state index contributed by atoms with van der Waals surface area (Å²) in [6.45, 7) is 3.51. The Balaban J connectivity index is 3.68. The minimum atomic E-state index is -0.889. The number of nitrogens with one attached hydrogen (secondary N) is 1. The summed E-state index contributed by atoms with van der Waals surface area (Å²) in [5, 5.41) is 11.4. The van der Waals surface area contributed by atoms with Crippen LogP contribution in [0.15, 0.2) is 0 Å². The van der Waals surface area contributed by atoms with Gasteiger partial charge in [-0.1, -0.05) is 0 Å². The van der Waals surface area contributed by atoms with Crippen LogP contribution in [0.25, 0.3) is 0 Å². The molecule has 0 unspecified atom stereocenters. The third-order valence-corrected chi connectivity index (χ3v) is 4.08. The topological polar surface area (TPSA) is 181 Å². The molecule has 0 spiro atoms. The van der Waals surface area contributed by atoms with Crippen LogP contribution >= 0.6 is 0 Å². The Morgan fingerprint density at radius 1 is 0.724 bits per heavy atom. The van der Waals surface area contributed by atoms with Crippen molar-refractivity contribution in [1.82, 2.24) is 5.32 Å². The maximum absolute atomic E-state index is 12.1. The molecular weight excluding hydrogens is 384 g/mol. The van der Waals surface area contributed by atoms with Crippen LogP contribution in [0.3, 0.4) is 0 Å². The normalized spacial score (nSPS) is 11.6. The smallest absolute Gasteiger partial charge is 0.305 e. The zero-order valence-electron chi connectivity index (χ0n) is 17.2. The van der Waals surface area contributed by atoms with E-state index in [1.54, 1.807) is 0 Å². The molecule has 11 heteroatoms. The SMILES string of the molecule is NCCC(CCN)(CCN)NC(=O)COCCOCCOCCOCCC(=O)O. The lowest BCUT2D eigenvalue weighted by molar-refractivity contribution is -0.138. The summed E-state index contributed by atoms with van der Waals surface area (Å²) in [7, 11) is 0. The molecule has 0 aromatic carbocycles. The van der Waals surface area contributed by atoms with Gasteiger partial charge in [-0.15, -0.1) is 0 Å². The molecule has 0 aliphatic rings. The number of nitrogens with two attached hydrogens (primary N) is 3. The summed E-state index contributed by atoms with van der Waals surface area (Å²) in [4.78, 5) is 22.4. The molecule has 172 valence electrons. The number of carbonyl (C=O) groups is 2. The lowest BCUT2D eigenvalue weighted by Gasteiger charge is -2.34. The van der Waals surface area contributed by atoms with Gasteiger partial charge in [-0.05, 0) is 38.9 Å². The number of rotatable bonds is 21. The van der Waals surface area contributed by atoms with Gasteiger partial charge in [0.1, 0.15) is 6.61 Å². The minimum absolute atomic E-state index is 0.0187. The second kappa shape index (κ2) is 18.7. The third kappa shape index (κ3) is 16.2. The molecule has 0 saturated carbocycles. The minimum Gasteiger partial charge on any atom is -0.481 e. The fourth-order valence-electron chi connectivity index (χ4n) is 2.71. The maximum atomic E-state index is 12.1. The molecule has 0 fully saturated rings. The van der Waals surface area contributed by atoms with Gasteiger partial charge in [0.25, 0.3) is 0 Å². The number of aliphatic carboxylic acids is 1. The van der Waals surface area contributed by atoms with Gasteiger partial charge in [-0.3, -0.25) is 9.59 Å². The molecule has 11 nitrogen and oxygen atoms in total. The van der Waals surface area contributed by atoms with E-state index in [0.717, 1.165) is 0 Å². The fraction of sp³-hybridized carbons (Fsp3) is 0.889. The van der Waals surface area contributed by atoms with E-state index in [4.69, 9.17) is 41.3 Å². The quantitative estimate of drug-likeness (QED) is 0.135. The average Bonchev–Trinajstić information content (AvgIpc) is 2.65. The van der Waals surface area contributed by atoms with Crippen LogP contribution < -0.4 is 22.5 Å². The first-order valence-corrected chi connectivity index (χ1v) is 9.93. The van der Waals surface area contributed by atoms with Crippen LogP contribution in [-0.4, -0.2) is 95.0 Å². The lowest BCUT2D eigenvalue weighted by atomic mass is 9.87. The van der Waals surface area contributed by atoms with E-state index in [-0.39, 0.29) is 32.1 Å². The van der Waals surface area contributed by atoms with Gasteiger partial charge < -0.3 is 46.6 Å². The summed E-state index contributed by atoms with van der Waals surface area (Å²) in [5.41, 5.74) is 16.5. The first-order valence-electron chi connectivity index (χ1n) is 9.93. The lowest BCUT2D eigenvalue weighted by Crippen LogP contribution is -2.53. The van der Waals surface area contributed by atoms with E-state index < -0.39 is 11.5 Å². The van der Waals surface area contributed by atoms with Gasteiger partial charge in [-0.25, -0.2) is 0 Å². The fourth-order valence-corrected chi connectivity index (χ4v) is 2.71. The average molecular weight is 423 g/mol. The first kappa shape index (κ1) is 27.7. The van der Waals surface area contributed by atoms with Gasteiger partial charge in [0, 0.05) is 5.54 Å². The summed E-state index contributed by atoms with van der Waals surface area (Å²) >= 11 is 0. The first-order chi connectivity index (χ1) is 14.0. The van der Waals surface area contributed by atoms with E-state index in [1.165, 1.54) is 0 Å². The van der Waals surface area contributed by atoms with E-state index >= 15 is 0 Å². The molecule has 0 aliphatic heterocycles. The van der Waals surface area contributed by atoms with Crippen molar-refractivity contribution >= 4 is 11.9 Å². The van der Waals surface area contributed by atoms with E-state index in [1.807, 2.05) is 0 Å². The molecule has 0 aromatic rings. The highest BCUT2D eigenvalue weighted by Crippen LogP contribution is 2.18. The molecule has 0 rings (SSSR count). The van der Waals surface area contributed by atoms with Crippen molar-refractivity contribution in [2.45, 2.75) is 31.2 Å². The monoisotopic (exact) mass is 422 g/mol. The van der Waals surface area contributed by atoms with E-state index in [9.17, 15) is 9.59 Å². The van der Waals surface area contributed by atoms with Crippen molar-refractivity contribution in [3.05, 3.63) is 0 Å². The number of hydrogen-bond acceptors (Lipinski definition) is 9. The molecule has 0 bridgehead atoms. The maximum Gasteiger partial charge on any atom is 0.305 e. The zero-order chi connectivity index (χ0) is 21.8. The van der Waals surface area contributed by atoms with E-state index in [2.05, 4.69) is 5.32 Å². The number of carbonyl (C=O) groups excluding carboxylic acids is 1.